The molecule has 0 aromatic heterocycles. The fourth-order valence-electron chi connectivity index (χ4n) is 2.40. The van der Waals surface area contributed by atoms with Gasteiger partial charge in [-0.1, -0.05) is 0 Å². The summed E-state index contributed by atoms with van der Waals surface area (Å²) in [5, 5.41) is 9.28. The minimum atomic E-state index is 0.0601. The van der Waals surface area contributed by atoms with Gasteiger partial charge in [0.1, 0.15) is 0 Å². The van der Waals surface area contributed by atoms with E-state index >= 15 is 0 Å². The Balaban J connectivity index is 1.93. The number of allylic oxidation sites excluding steroid dienone is 1. The second-order valence-corrected chi connectivity index (χ2v) is 8.33. The molecule has 0 radical (unpaired) electrons. The third-order valence-corrected chi connectivity index (χ3v) is 6.78. The number of hydrogen-bond acceptors (Lipinski definition) is 2. The Kier molecular flexibility index (Phi) is 7.57. The molecule has 0 saturated carbocycles. The SMILES string of the molecule is Cc1ccccc1CC/C=C/C([Se]c1ccccc1)C(C)NO. The molecule has 0 aliphatic rings. The van der Waals surface area contributed by atoms with Gasteiger partial charge >= 0.3 is 146 Å². The van der Waals surface area contributed by atoms with Crippen LogP contribution in [0.25, 0.3) is 0 Å². The van der Waals surface area contributed by atoms with Gasteiger partial charge in [-0.25, -0.2) is 0 Å². The Hall–Kier alpha value is -1.38. The van der Waals surface area contributed by atoms with Crippen LogP contribution >= 0.6 is 0 Å². The summed E-state index contributed by atoms with van der Waals surface area (Å²) in [5.41, 5.74) is 5.19. The van der Waals surface area contributed by atoms with E-state index in [1.54, 1.807) is 0 Å². The first-order valence-electron chi connectivity index (χ1n) is 8.03. The van der Waals surface area contributed by atoms with Crippen molar-refractivity contribution < 1.29 is 5.21 Å². The van der Waals surface area contributed by atoms with Gasteiger partial charge in [0, 0.05) is 0 Å². The summed E-state index contributed by atoms with van der Waals surface area (Å²) in [6.45, 7) is 4.19. The topological polar surface area (TPSA) is 32.3 Å². The van der Waals surface area contributed by atoms with Crippen LogP contribution in [0.4, 0.5) is 0 Å². The molecule has 0 bridgehead atoms. The van der Waals surface area contributed by atoms with Crippen LogP contribution in [0.1, 0.15) is 24.5 Å². The van der Waals surface area contributed by atoms with Crippen molar-refractivity contribution in [2.75, 3.05) is 0 Å². The molecule has 0 aliphatic heterocycles. The van der Waals surface area contributed by atoms with Crippen molar-refractivity contribution in [1.82, 2.24) is 5.48 Å². The van der Waals surface area contributed by atoms with Crippen LogP contribution in [0, 0.1) is 6.92 Å². The zero-order valence-electron chi connectivity index (χ0n) is 13.8. The van der Waals surface area contributed by atoms with E-state index in [4.69, 9.17) is 0 Å². The summed E-state index contributed by atoms with van der Waals surface area (Å²) in [6.07, 6.45) is 6.62. The molecule has 122 valence electrons. The van der Waals surface area contributed by atoms with Crippen LogP contribution in [-0.4, -0.2) is 26.2 Å². The molecule has 23 heavy (non-hydrogen) atoms. The zero-order valence-corrected chi connectivity index (χ0v) is 15.5. The summed E-state index contributed by atoms with van der Waals surface area (Å²) in [5.74, 6) is 0. The van der Waals surface area contributed by atoms with E-state index in [0.29, 0.717) is 19.8 Å². The molecule has 0 amide bonds. The Morgan fingerprint density at radius 2 is 1.78 bits per heavy atom. The van der Waals surface area contributed by atoms with Crippen molar-refractivity contribution >= 4 is 19.4 Å². The summed E-state index contributed by atoms with van der Waals surface area (Å²) in [7, 11) is 0. The van der Waals surface area contributed by atoms with Crippen molar-refractivity contribution in [3.05, 3.63) is 77.9 Å². The number of nitrogens with one attached hydrogen (secondary N) is 1. The van der Waals surface area contributed by atoms with Gasteiger partial charge in [0.25, 0.3) is 0 Å². The van der Waals surface area contributed by atoms with E-state index in [1.165, 1.54) is 15.6 Å². The first kappa shape index (κ1) is 18.0. The molecule has 2 aromatic carbocycles. The summed E-state index contributed by atoms with van der Waals surface area (Å²) >= 11 is 0.301. The molecule has 2 atom stereocenters. The minimum absolute atomic E-state index is 0.0601. The first-order valence-corrected chi connectivity index (χ1v) is 9.87. The van der Waals surface area contributed by atoms with Crippen LogP contribution in [-0.2, 0) is 6.42 Å². The number of aryl methyl sites for hydroxylation is 2. The van der Waals surface area contributed by atoms with Gasteiger partial charge in [0.05, 0.1) is 0 Å². The second-order valence-electron chi connectivity index (χ2n) is 5.71. The monoisotopic (exact) mass is 375 g/mol. The molecule has 0 spiro atoms. The molecule has 0 aliphatic carbocycles. The van der Waals surface area contributed by atoms with E-state index < -0.39 is 0 Å². The molecule has 0 saturated heterocycles. The third-order valence-electron chi connectivity index (χ3n) is 3.88. The van der Waals surface area contributed by atoms with Crippen LogP contribution in [0.5, 0.6) is 0 Å². The Morgan fingerprint density at radius 1 is 1.09 bits per heavy atom. The van der Waals surface area contributed by atoms with Crippen molar-refractivity contribution in [2.24, 2.45) is 0 Å². The number of hydrogen-bond donors (Lipinski definition) is 2. The number of rotatable bonds is 8. The number of benzene rings is 2. The van der Waals surface area contributed by atoms with Gasteiger partial charge in [-0.15, -0.1) is 0 Å². The molecule has 2 N–H and O–H groups in total. The molecule has 2 unspecified atom stereocenters. The fraction of sp³-hybridized carbons (Fsp3) is 0.300. The van der Waals surface area contributed by atoms with Crippen LogP contribution in [0.3, 0.4) is 0 Å². The molecule has 2 rings (SSSR count). The van der Waals surface area contributed by atoms with E-state index in [9.17, 15) is 5.21 Å². The van der Waals surface area contributed by atoms with Crippen molar-refractivity contribution in [3.8, 4) is 0 Å². The van der Waals surface area contributed by atoms with Gasteiger partial charge in [0.2, 0.25) is 0 Å². The average Bonchev–Trinajstić information content (AvgIpc) is 2.59. The summed E-state index contributed by atoms with van der Waals surface area (Å²) in [4.78, 5) is 0.340. The zero-order chi connectivity index (χ0) is 16.5. The predicted molar refractivity (Wildman–Crippen MR) is 98.6 cm³/mol. The summed E-state index contributed by atoms with van der Waals surface area (Å²) < 4.78 is 1.36. The van der Waals surface area contributed by atoms with Gasteiger partial charge < -0.3 is 0 Å². The molecule has 0 heterocycles. The van der Waals surface area contributed by atoms with Crippen LogP contribution in [0.15, 0.2) is 66.7 Å². The average molecular weight is 374 g/mol. The normalized spacial score (nSPS) is 14.0. The predicted octanol–water partition coefficient (Wildman–Crippen LogP) is 3.67. The van der Waals surface area contributed by atoms with Gasteiger partial charge in [-0.2, -0.15) is 0 Å². The Bertz CT molecular complexity index is 612. The van der Waals surface area contributed by atoms with E-state index in [2.05, 4.69) is 73.1 Å². The van der Waals surface area contributed by atoms with Crippen molar-refractivity contribution in [1.29, 1.82) is 0 Å². The van der Waals surface area contributed by atoms with Gasteiger partial charge in [0.15, 0.2) is 0 Å². The Labute approximate surface area is 145 Å². The quantitative estimate of drug-likeness (QED) is 0.420. The van der Waals surface area contributed by atoms with Crippen molar-refractivity contribution in [2.45, 2.75) is 37.5 Å². The molecule has 3 heteroatoms. The van der Waals surface area contributed by atoms with E-state index in [0.717, 1.165) is 12.8 Å². The Morgan fingerprint density at radius 3 is 2.48 bits per heavy atom. The van der Waals surface area contributed by atoms with Crippen LogP contribution in [0.2, 0.25) is 4.82 Å². The third kappa shape index (κ3) is 5.96. The van der Waals surface area contributed by atoms with E-state index in [-0.39, 0.29) is 6.04 Å². The molecule has 2 aromatic rings. The van der Waals surface area contributed by atoms with Crippen LogP contribution < -0.4 is 9.94 Å². The van der Waals surface area contributed by atoms with Gasteiger partial charge in [-0.05, 0) is 0 Å². The van der Waals surface area contributed by atoms with Crippen molar-refractivity contribution in [3.63, 3.8) is 0 Å². The molecular formula is C20H25NOSe. The molecule has 0 fully saturated rings. The maximum atomic E-state index is 9.28. The molecule has 2 nitrogen and oxygen atoms in total. The standard InChI is InChI=1S/C20H25NOSe/c1-16-10-6-7-11-18(16)12-8-9-15-20(17(2)21-22)23-19-13-4-3-5-14-19/h3-7,9-11,13-15,17,20-22H,8,12H2,1-2H3/b15-9+. The van der Waals surface area contributed by atoms with Gasteiger partial charge in [-0.3, -0.25) is 0 Å². The molecular weight excluding hydrogens is 349 g/mol. The maximum absolute atomic E-state index is 9.28. The first-order chi connectivity index (χ1) is 11.2. The second kappa shape index (κ2) is 9.69. The number of hydroxylamine groups is 1. The summed E-state index contributed by atoms with van der Waals surface area (Å²) in [6, 6.07) is 19.1. The van der Waals surface area contributed by atoms with E-state index in [1.807, 2.05) is 13.0 Å². The fourth-order valence-corrected chi connectivity index (χ4v) is 4.67.